The smallest absolute Gasteiger partial charge is 0.291 e. The maximum absolute atomic E-state index is 12.9. The maximum atomic E-state index is 12.9. The molecule has 1 saturated heterocycles. The molecule has 0 unspecified atom stereocenters. The van der Waals surface area contributed by atoms with Crippen molar-refractivity contribution in [1.29, 1.82) is 0 Å². The summed E-state index contributed by atoms with van der Waals surface area (Å²) >= 11 is 0. The molecule has 134 valence electrons. The first kappa shape index (κ1) is 16.4. The summed E-state index contributed by atoms with van der Waals surface area (Å²) in [5, 5.41) is 0.889. The Balaban J connectivity index is 1.80. The predicted octanol–water partition coefficient (Wildman–Crippen LogP) is 3.72. The third-order valence-electron chi connectivity index (χ3n) is 5.47. The number of aryl methyl sites for hydroxylation is 1. The number of furan rings is 1. The van der Waals surface area contributed by atoms with Gasteiger partial charge in [0.2, 0.25) is 11.5 Å². The molecule has 0 atom stereocenters. The molecule has 2 N–H and O–H groups in total. The van der Waals surface area contributed by atoms with Gasteiger partial charge in [-0.15, -0.1) is 0 Å². The molecular formula is C20H27N3O2. The highest BCUT2D eigenvalue weighted by atomic mass is 16.4. The molecule has 1 aliphatic heterocycles. The number of carbonyl (C=O) groups is 1. The molecule has 25 heavy (non-hydrogen) atoms. The fourth-order valence-corrected chi connectivity index (χ4v) is 4.28. The van der Waals surface area contributed by atoms with Gasteiger partial charge < -0.3 is 15.1 Å². The van der Waals surface area contributed by atoms with Gasteiger partial charge in [0.1, 0.15) is 0 Å². The lowest BCUT2D eigenvalue weighted by molar-refractivity contribution is 0.0695. The molecule has 0 saturated carbocycles. The zero-order chi connectivity index (χ0) is 17.6. The van der Waals surface area contributed by atoms with Gasteiger partial charge in [-0.05, 0) is 62.0 Å². The molecule has 5 nitrogen and oxygen atoms in total. The molecule has 2 aromatic heterocycles. The maximum Gasteiger partial charge on any atom is 0.291 e. The second-order valence-electron chi connectivity index (χ2n) is 7.85. The van der Waals surface area contributed by atoms with Gasteiger partial charge in [0.25, 0.3) is 5.91 Å². The van der Waals surface area contributed by atoms with Crippen LogP contribution in [-0.4, -0.2) is 28.9 Å². The second kappa shape index (κ2) is 6.36. The van der Waals surface area contributed by atoms with Crippen LogP contribution in [0.1, 0.15) is 66.9 Å². The number of piperidine rings is 1. The number of nitrogens with two attached hydrogens (primary N) is 1. The van der Waals surface area contributed by atoms with Gasteiger partial charge in [0.05, 0.1) is 11.1 Å². The summed E-state index contributed by atoms with van der Waals surface area (Å²) in [6.07, 6.45) is 7.42. The van der Waals surface area contributed by atoms with Crippen LogP contribution < -0.4 is 5.73 Å². The zero-order valence-corrected chi connectivity index (χ0v) is 15.2. The Labute approximate surface area is 148 Å². The van der Waals surface area contributed by atoms with Gasteiger partial charge in [0.15, 0.2) is 0 Å². The van der Waals surface area contributed by atoms with Crippen molar-refractivity contribution in [1.82, 2.24) is 9.88 Å². The van der Waals surface area contributed by atoms with E-state index in [9.17, 15) is 4.79 Å². The third-order valence-corrected chi connectivity index (χ3v) is 5.47. The van der Waals surface area contributed by atoms with E-state index in [1.165, 1.54) is 17.5 Å². The molecule has 0 bridgehead atoms. The normalized spacial score (nSPS) is 17.5. The van der Waals surface area contributed by atoms with Crippen LogP contribution in [0.5, 0.6) is 0 Å². The van der Waals surface area contributed by atoms with Gasteiger partial charge in [-0.25, -0.2) is 4.98 Å². The minimum Gasteiger partial charge on any atom is -0.430 e. The second-order valence-corrected chi connectivity index (χ2v) is 7.85. The highest BCUT2D eigenvalue weighted by molar-refractivity contribution is 6.06. The van der Waals surface area contributed by atoms with Crippen LogP contribution in [0.2, 0.25) is 0 Å². The van der Waals surface area contributed by atoms with Gasteiger partial charge in [-0.1, -0.05) is 13.8 Å². The number of rotatable bonds is 3. The van der Waals surface area contributed by atoms with E-state index >= 15 is 0 Å². The first-order valence-corrected chi connectivity index (χ1v) is 9.58. The Bertz CT molecular complexity index is 816. The molecule has 5 heteroatoms. The largest absolute Gasteiger partial charge is 0.430 e. The van der Waals surface area contributed by atoms with Crippen molar-refractivity contribution in [2.24, 2.45) is 5.92 Å². The van der Waals surface area contributed by atoms with Gasteiger partial charge in [-0.3, -0.25) is 4.79 Å². The Morgan fingerprint density at radius 1 is 1.16 bits per heavy atom. The first-order chi connectivity index (χ1) is 12.1. The van der Waals surface area contributed by atoms with Crippen molar-refractivity contribution in [3.05, 3.63) is 22.6 Å². The molecule has 2 aromatic rings. The van der Waals surface area contributed by atoms with Crippen LogP contribution in [0.3, 0.4) is 0 Å². The van der Waals surface area contributed by atoms with E-state index in [1.807, 2.05) is 4.90 Å². The molecule has 1 amide bonds. The standard InChI is InChI=1S/C20H27N3O2/c1-12(2)11-15-13-7-6-8-14(13)16-17(21)18(25-19(16)22-15)20(24)23-9-4-3-5-10-23/h12H,3-11,21H2,1-2H3. The van der Waals surface area contributed by atoms with E-state index in [0.717, 1.165) is 62.7 Å². The average Bonchev–Trinajstić information content (AvgIpc) is 3.19. The number of amides is 1. The summed E-state index contributed by atoms with van der Waals surface area (Å²) in [4.78, 5) is 19.5. The molecule has 0 aromatic carbocycles. The predicted molar refractivity (Wildman–Crippen MR) is 98.7 cm³/mol. The highest BCUT2D eigenvalue weighted by Crippen LogP contribution is 2.38. The van der Waals surface area contributed by atoms with E-state index < -0.39 is 0 Å². The molecule has 2 aliphatic rings. The number of likely N-dealkylation sites (tertiary alicyclic amines) is 1. The zero-order valence-electron chi connectivity index (χ0n) is 15.2. The van der Waals surface area contributed by atoms with Crippen LogP contribution in [0.25, 0.3) is 11.1 Å². The van der Waals surface area contributed by atoms with Crippen molar-refractivity contribution in [2.75, 3.05) is 18.8 Å². The van der Waals surface area contributed by atoms with E-state index in [1.54, 1.807) is 0 Å². The molecule has 0 radical (unpaired) electrons. The quantitative estimate of drug-likeness (QED) is 0.923. The number of pyridine rings is 1. The SMILES string of the molecule is CC(C)Cc1nc2oc(C(=O)N3CCCCC3)c(N)c2c2c1CCC2. The number of hydrogen-bond donors (Lipinski definition) is 1. The fraction of sp³-hybridized carbons (Fsp3) is 0.600. The molecule has 1 aliphatic carbocycles. The van der Waals surface area contributed by atoms with E-state index in [-0.39, 0.29) is 5.91 Å². The molecule has 0 spiro atoms. The topological polar surface area (TPSA) is 72.4 Å². The van der Waals surface area contributed by atoms with Crippen molar-refractivity contribution in [3.8, 4) is 0 Å². The Morgan fingerprint density at radius 3 is 2.60 bits per heavy atom. The summed E-state index contributed by atoms with van der Waals surface area (Å²) in [6, 6.07) is 0. The highest BCUT2D eigenvalue weighted by Gasteiger charge is 2.30. The summed E-state index contributed by atoms with van der Waals surface area (Å²) in [5.41, 5.74) is 11.2. The molecule has 4 rings (SSSR count). The van der Waals surface area contributed by atoms with Gasteiger partial charge in [-0.2, -0.15) is 0 Å². The molecular weight excluding hydrogens is 314 g/mol. The van der Waals surface area contributed by atoms with Crippen LogP contribution in [-0.2, 0) is 19.3 Å². The van der Waals surface area contributed by atoms with Crippen LogP contribution in [0.4, 0.5) is 5.69 Å². The number of aromatic nitrogens is 1. The van der Waals surface area contributed by atoms with Crippen molar-refractivity contribution >= 4 is 22.7 Å². The van der Waals surface area contributed by atoms with E-state index in [2.05, 4.69) is 13.8 Å². The lowest BCUT2D eigenvalue weighted by Gasteiger charge is -2.25. The number of fused-ring (bicyclic) bond motifs is 3. The number of hydrogen-bond acceptors (Lipinski definition) is 4. The molecule has 3 heterocycles. The lowest BCUT2D eigenvalue weighted by atomic mass is 9.99. The Kier molecular flexibility index (Phi) is 4.18. The van der Waals surface area contributed by atoms with Crippen LogP contribution in [0, 0.1) is 5.92 Å². The summed E-state index contributed by atoms with van der Waals surface area (Å²) in [7, 11) is 0. The van der Waals surface area contributed by atoms with Crippen molar-refractivity contribution in [3.63, 3.8) is 0 Å². The third kappa shape index (κ3) is 2.79. The summed E-state index contributed by atoms with van der Waals surface area (Å²) in [5.74, 6) is 0.754. The van der Waals surface area contributed by atoms with Crippen LogP contribution >= 0.6 is 0 Å². The monoisotopic (exact) mass is 341 g/mol. The average molecular weight is 341 g/mol. The minimum absolute atomic E-state index is 0.0765. The number of nitrogen functional groups attached to an aromatic ring is 1. The minimum atomic E-state index is -0.0765. The summed E-state index contributed by atoms with van der Waals surface area (Å²) in [6.45, 7) is 5.99. The molecule has 1 fully saturated rings. The number of nitrogens with zero attached hydrogens (tertiary/aromatic N) is 2. The van der Waals surface area contributed by atoms with E-state index in [0.29, 0.717) is 23.1 Å². The van der Waals surface area contributed by atoms with Crippen LogP contribution in [0.15, 0.2) is 4.42 Å². The lowest BCUT2D eigenvalue weighted by Crippen LogP contribution is -2.35. The number of anilines is 1. The number of carbonyl (C=O) groups excluding carboxylic acids is 1. The van der Waals surface area contributed by atoms with Crippen molar-refractivity contribution in [2.45, 2.75) is 58.8 Å². The first-order valence-electron chi connectivity index (χ1n) is 9.58. The van der Waals surface area contributed by atoms with E-state index in [4.69, 9.17) is 15.1 Å². The van der Waals surface area contributed by atoms with Gasteiger partial charge >= 0.3 is 0 Å². The Hall–Kier alpha value is -2.04. The van der Waals surface area contributed by atoms with Crippen molar-refractivity contribution < 1.29 is 9.21 Å². The Morgan fingerprint density at radius 2 is 1.88 bits per heavy atom. The summed E-state index contributed by atoms with van der Waals surface area (Å²) < 4.78 is 5.93. The van der Waals surface area contributed by atoms with Gasteiger partial charge in [0, 0.05) is 18.8 Å². The fourth-order valence-electron chi connectivity index (χ4n) is 4.28.